The number of rotatable bonds is 22. The molecule has 12 heteroatoms. The Morgan fingerprint density at radius 1 is 1.11 bits per heavy atom. The van der Waals surface area contributed by atoms with Gasteiger partial charge in [-0.25, -0.2) is 14.2 Å². The zero-order valence-electron chi connectivity index (χ0n) is 27.5. The Labute approximate surface area is 279 Å². The lowest BCUT2D eigenvalue weighted by Gasteiger charge is -2.36. The Bertz CT molecular complexity index is 1160. The zero-order valence-corrected chi connectivity index (χ0v) is 28.3. The Kier molecular flexibility index (Phi) is 18.6. The number of phosphoric acid groups is 1. The Morgan fingerprint density at radius 2 is 1.79 bits per heavy atom. The molecule has 1 aliphatic carbocycles. The number of esters is 1. The fourth-order valence-electron chi connectivity index (χ4n) is 5.20. The third-order valence-electron chi connectivity index (χ3n) is 7.77. The maximum absolute atomic E-state index is 13.8. The van der Waals surface area contributed by atoms with E-state index in [0.29, 0.717) is 12.3 Å². The first-order valence-electron chi connectivity index (χ1n) is 16.2. The van der Waals surface area contributed by atoms with Crippen LogP contribution in [0.25, 0.3) is 0 Å². The molecular formula is C35H52NO10P. The summed E-state index contributed by atoms with van der Waals surface area (Å²) >= 11 is 0. The number of nitrogens with one attached hydrogen (secondary N) is 1. The molecule has 5 atom stereocenters. The number of aliphatic hydroxyl groups excluding tert-OH is 1. The Balaban J connectivity index is 2.44. The number of allylic oxidation sites excluding steroid dienone is 3. The minimum absolute atomic E-state index is 0.0150. The fraction of sp³-hybridized carbons (Fsp3) is 0.543. The van der Waals surface area contributed by atoms with Crippen LogP contribution in [0.4, 0.5) is 4.79 Å². The van der Waals surface area contributed by atoms with Crippen LogP contribution in [0.2, 0.25) is 0 Å². The van der Waals surface area contributed by atoms with E-state index in [1.165, 1.54) is 55.7 Å². The van der Waals surface area contributed by atoms with Crippen molar-refractivity contribution in [2.75, 3.05) is 26.4 Å². The number of cyclic esters (lactones) is 1. The van der Waals surface area contributed by atoms with Crippen LogP contribution in [-0.2, 0) is 32.4 Å². The fourth-order valence-corrected chi connectivity index (χ4v) is 6.56. The highest BCUT2D eigenvalue weighted by Crippen LogP contribution is 2.52. The van der Waals surface area contributed by atoms with E-state index in [0.717, 1.165) is 12.8 Å². The molecule has 1 heterocycles. The summed E-state index contributed by atoms with van der Waals surface area (Å²) in [4.78, 5) is 24.2. The van der Waals surface area contributed by atoms with Crippen LogP contribution >= 0.6 is 7.82 Å². The van der Waals surface area contributed by atoms with E-state index in [4.69, 9.17) is 23.0 Å². The maximum Gasteiger partial charge on any atom is 0.475 e. The van der Waals surface area contributed by atoms with Gasteiger partial charge in [-0.2, -0.15) is 0 Å². The maximum atomic E-state index is 13.8. The second kappa shape index (κ2) is 21.8. The highest BCUT2D eigenvalue weighted by atomic mass is 31.2. The number of phosphoric ester groups is 1. The first-order chi connectivity index (χ1) is 22.6. The van der Waals surface area contributed by atoms with E-state index < -0.39 is 43.8 Å². The molecule has 11 nitrogen and oxygen atoms in total. The number of carbonyl (C=O) groups excluding carboxylic acids is 2. The first-order valence-corrected chi connectivity index (χ1v) is 17.7. The van der Waals surface area contributed by atoms with Gasteiger partial charge in [0.05, 0.1) is 19.3 Å². The van der Waals surface area contributed by atoms with Crippen molar-refractivity contribution in [3.63, 3.8) is 0 Å². The molecular weight excluding hydrogens is 625 g/mol. The van der Waals surface area contributed by atoms with E-state index in [9.17, 15) is 24.4 Å². The van der Waals surface area contributed by atoms with Crippen LogP contribution in [0.5, 0.6) is 0 Å². The number of hydrogen-bond acceptors (Lipinski definition) is 10. The van der Waals surface area contributed by atoms with Crippen LogP contribution in [0.15, 0.2) is 86.6 Å². The summed E-state index contributed by atoms with van der Waals surface area (Å²) in [5.41, 5.74) is -2.00. The molecule has 1 saturated carbocycles. The van der Waals surface area contributed by atoms with Crippen molar-refractivity contribution in [3.8, 4) is 0 Å². The van der Waals surface area contributed by atoms with Crippen molar-refractivity contribution in [2.24, 2.45) is 11.8 Å². The van der Waals surface area contributed by atoms with Crippen molar-refractivity contribution in [3.05, 3.63) is 86.6 Å². The van der Waals surface area contributed by atoms with Crippen LogP contribution in [0, 0.1) is 11.8 Å². The van der Waals surface area contributed by atoms with Gasteiger partial charge in [-0.3, -0.25) is 13.6 Å². The van der Waals surface area contributed by atoms with E-state index in [2.05, 4.69) is 31.1 Å². The summed E-state index contributed by atoms with van der Waals surface area (Å²) in [5, 5.41) is 25.9. The van der Waals surface area contributed by atoms with Gasteiger partial charge >= 0.3 is 19.9 Å². The smallest absolute Gasteiger partial charge is 0.454 e. The van der Waals surface area contributed by atoms with Crippen molar-refractivity contribution >= 4 is 19.9 Å². The molecule has 0 radical (unpaired) electrons. The number of ether oxygens (including phenoxy) is 2. The minimum Gasteiger partial charge on any atom is -0.454 e. The van der Waals surface area contributed by atoms with Gasteiger partial charge in [-0.1, -0.05) is 87.4 Å². The largest absolute Gasteiger partial charge is 0.475 e. The average molecular weight is 678 g/mol. The predicted octanol–water partition coefficient (Wildman–Crippen LogP) is 6.43. The zero-order chi connectivity index (χ0) is 34.5. The molecule has 262 valence electrons. The molecule has 2 rings (SSSR count). The Hall–Kier alpha value is -3.05. The number of carbonyl (C=O) groups is 2. The van der Waals surface area contributed by atoms with E-state index in [1.54, 1.807) is 18.2 Å². The molecule has 1 fully saturated rings. The van der Waals surface area contributed by atoms with Gasteiger partial charge in [0.2, 0.25) is 0 Å². The molecule has 0 aromatic heterocycles. The Morgan fingerprint density at radius 3 is 2.43 bits per heavy atom. The van der Waals surface area contributed by atoms with Gasteiger partial charge < -0.3 is 25.0 Å². The summed E-state index contributed by atoms with van der Waals surface area (Å²) in [7, 11) is -4.37. The summed E-state index contributed by atoms with van der Waals surface area (Å²) in [6, 6.07) is 0. The minimum atomic E-state index is -4.37. The SMILES string of the molecule is C=CCOC(=O)NCC[C@@](O)(C=C[C@@H]1OC(=O)C=C[C@@H]1CC)[C@@H](C[C@@H](O)/C=C/C=C/C1CCCCC1)OP(=O)(OCC=C)OCC=C. The lowest BCUT2D eigenvalue weighted by atomic mass is 9.86. The normalized spacial score (nSPS) is 21.7. The van der Waals surface area contributed by atoms with Crippen LogP contribution in [0.1, 0.15) is 58.3 Å². The highest BCUT2D eigenvalue weighted by Gasteiger charge is 2.43. The summed E-state index contributed by atoms with van der Waals surface area (Å²) < 4.78 is 41.0. The second-order valence-corrected chi connectivity index (χ2v) is 13.0. The van der Waals surface area contributed by atoms with Gasteiger partial charge in [-0.15, -0.1) is 13.2 Å². The van der Waals surface area contributed by atoms with E-state index in [-0.39, 0.29) is 45.1 Å². The molecule has 0 spiro atoms. The molecule has 2 aliphatic rings. The van der Waals surface area contributed by atoms with Gasteiger partial charge in [-0.05, 0) is 37.7 Å². The second-order valence-electron chi connectivity index (χ2n) is 11.4. The molecule has 3 N–H and O–H groups in total. The third-order valence-corrected chi connectivity index (χ3v) is 9.22. The van der Waals surface area contributed by atoms with E-state index in [1.807, 2.05) is 13.0 Å². The summed E-state index contributed by atoms with van der Waals surface area (Å²) in [5.74, 6) is -0.204. The van der Waals surface area contributed by atoms with Gasteiger partial charge in [0.15, 0.2) is 0 Å². The molecule has 0 saturated heterocycles. The number of amides is 1. The van der Waals surface area contributed by atoms with Crippen molar-refractivity contribution in [2.45, 2.75) is 82.2 Å². The van der Waals surface area contributed by atoms with Gasteiger partial charge in [0.1, 0.15) is 24.4 Å². The molecule has 1 aliphatic heterocycles. The number of hydrogen-bond donors (Lipinski definition) is 3. The quantitative estimate of drug-likeness (QED) is 0.0507. The summed E-state index contributed by atoms with van der Waals surface area (Å²) in [6.07, 6.45) is 19.5. The molecule has 0 bridgehead atoms. The predicted molar refractivity (Wildman–Crippen MR) is 181 cm³/mol. The molecule has 47 heavy (non-hydrogen) atoms. The topological polar surface area (TPSA) is 150 Å². The molecule has 0 unspecified atom stereocenters. The van der Waals surface area contributed by atoms with Crippen molar-refractivity contribution in [1.82, 2.24) is 5.32 Å². The highest BCUT2D eigenvalue weighted by molar-refractivity contribution is 7.48. The van der Waals surface area contributed by atoms with Crippen molar-refractivity contribution < 1.29 is 47.4 Å². The first kappa shape index (κ1) is 40.1. The lowest BCUT2D eigenvalue weighted by molar-refractivity contribution is -0.143. The summed E-state index contributed by atoms with van der Waals surface area (Å²) in [6.45, 7) is 12.1. The lowest BCUT2D eigenvalue weighted by Crippen LogP contribution is -2.46. The van der Waals surface area contributed by atoms with E-state index >= 15 is 0 Å². The van der Waals surface area contributed by atoms with Crippen molar-refractivity contribution in [1.29, 1.82) is 0 Å². The van der Waals surface area contributed by atoms with Gasteiger partial charge in [0.25, 0.3) is 0 Å². The molecule has 1 amide bonds. The molecule has 0 aromatic carbocycles. The van der Waals surface area contributed by atoms with Crippen LogP contribution in [0.3, 0.4) is 0 Å². The van der Waals surface area contributed by atoms with Crippen LogP contribution < -0.4 is 5.32 Å². The van der Waals surface area contributed by atoms with Gasteiger partial charge in [0, 0.05) is 25.0 Å². The van der Waals surface area contributed by atoms with Crippen LogP contribution in [-0.4, -0.2) is 72.6 Å². The monoisotopic (exact) mass is 677 g/mol. The average Bonchev–Trinajstić information content (AvgIpc) is 3.07. The third kappa shape index (κ3) is 15.1. The number of aliphatic hydroxyl groups is 2. The standard InChI is InChI=1S/C35H52NO10P/c1-5-24-42-34(39)36-23-22-35(40,21-20-31-29(8-4)18-19-33(38)45-31)32(46-47(41,43-25-6-2)44-26-7-3)27-30(37)17-13-12-16-28-14-10-9-11-15-28/h5-7,12-13,16-21,28-32,37,40H,1-3,8-11,14-15,22-27H2,4H3,(H,36,39)/b16-12+,17-13+,21-20?/t29-,30-,31-,32+,35-/m0/s1. The number of alkyl carbamates (subject to hydrolysis) is 1. The molecule has 0 aromatic rings.